The highest BCUT2D eigenvalue weighted by atomic mass is 16.5. The standard InChI is InChI=1S/C28H29N5O6/c1-16-23-24(26(37)33(25(23)36)19-9-7-18(8-10-19)29-17(2)34)28(30-16)20-5-3-4-6-21(20)32(27(28)38)15-22(35)31-11-13-39-14-12-31/h3-10,16,23-24,30H,11-15H2,1-2H3,(H,29,34)/t16-,23+,24+,28+/m1/s1. The van der Waals surface area contributed by atoms with E-state index in [9.17, 15) is 24.0 Å². The van der Waals surface area contributed by atoms with Crippen LogP contribution in [-0.2, 0) is 34.2 Å². The SMILES string of the molecule is CC(=O)Nc1ccc(N2C(=O)[C@@H]3[C@@H](C2=O)[C@]2(N[C@@H]3C)C(=O)N(CC(=O)N3CCOCC3)c3ccccc32)cc1. The second kappa shape index (κ2) is 9.28. The van der Waals surface area contributed by atoms with Gasteiger partial charge in [0.25, 0.3) is 5.91 Å². The number of nitrogens with one attached hydrogen (secondary N) is 2. The topological polar surface area (TPSA) is 128 Å². The van der Waals surface area contributed by atoms with Crippen molar-refractivity contribution in [3.05, 3.63) is 54.1 Å². The lowest BCUT2D eigenvalue weighted by molar-refractivity contribution is -0.136. The number of carbonyl (C=O) groups excluding carboxylic acids is 5. The van der Waals surface area contributed by atoms with E-state index in [2.05, 4.69) is 10.6 Å². The minimum atomic E-state index is -1.47. The Kier molecular flexibility index (Phi) is 6.00. The second-order valence-corrected chi connectivity index (χ2v) is 10.4. The molecule has 1 spiro atoms. The van der Waals surface area contributed by atoms with E-state index in [4.69, 9.17) is 4.74 Å². The molecule has 11 nitrogen and oxygen atoms in total. The number of carbonyl (C=O) groups is 5. The number of hydrogen-bond donors (Lipinski definition) is 2. The fraction of sp³-hybridized carbons (Fsp3) is 0.393. The van der Waals surface area contributed by atoms with Gasteiger partial charge in [0, 0.05) is 43.0 Å². The molecule has 4 atom stereocenters. The van der Waals surface area contributed by atoms with E-state index in [0.717, 1.165) is 4.90 Å². The Morgan fingerprint density at radius 2 is 1.72 bits per heavy atom. The van der Waals surface area contributed by atoms with E-state index < -0.39 is 35.2 Å². The van der Waals surface area contributed by atoms with Crippen LogP contribution in [0.4, 0.5) is 17.1 Å². The number of amides is 5. The molecular formula is C28H29N5O6. The molecule has 0 unspecified atom stereocenters. The lowest BCUT2D eigenvalue weighted by Gasteiger charge is -2.31. The minimum absolute atomic E-state index is 0.165. The molecule has 3 fully saturated rings. The van der Waals surface area contributed by atoms with Gasteiger partial charge in [-0.3, -0.25) is 29.3 Å². The molecule has 202 valence electrons. The van der Waals surface area contributed by atoms with Crippen LogP contribution in [0.15, 0.2) is 48.5 Å². The predicted molar refractivity (Wildman–Crippen MR) is 141 cm³/mol. The summed E-state index contributed by atoms with van der Waals surface area (Å²) in [6, 6.07) is 13.1. The molecule has 39 heavy (non-hydrogen) atoms. The maximum absolute atomic E-state index is 14.3. The number of para-hydroxylation sites is 1. The lowest BCUT2D eigenvalue weighted by atomic mass is 9.76. The number of imide groups is 1. The van der Waals surface area contributed by atoms with E-state index in [1.807, 2.05) is 0 Å². The highest BCUT2D eigenvalue weighted by Crippen LogP contribution is 2.55. The summed E-state index contributed by atoms with van der Waals surface area (Å²) < 4.78 is 5.35. The van der Waals surface area contributed by atoms with Gasteiger partial charge in [0.1, 0.15) is 12.1 Å². The molecule has 4 aliphatic heterocycles. The van der Waals surface area contributed by atoms with E-state index in [1.165, 1.54) is 11.8 Å². The van der Waals surface area contributed by atoms with Crippen LogP contribution in [0.5, 0.6) is 0 Å². The fourth-order valence-electron chi connectivity index (χ4n) is 6.47. The van der Waals surface area contributed by atoms with Gasteiger partial charge >= 0.3 is 0 Å². The molecule has 4 heterocycles. The molecule has 4 aliphatic rings. The van der Waals surface area contributed by atoms with Crippen LogP contribution in [0.1, 0.15) is 19.4 Å². The van der Waals surface area contributed by atoms with Crippen LogP contribution in [0.2, 0.25) is 0 Å². The minimum Gasteiger partial charge on any atom is -0.378 e. The van der Waals surface area contributed by atoms with E-state index in [0.29, 0.717) is 48.9 Å². The normalized spacial score (nSPS) is 27.8. The van der Waals surface area contributed by atoms with Crippen molar-refractivity contribution >= 4 is 46.6 Å². The summed E-state index contributed by atoms with van der Waals surface area (Å²) in [5.74, 6) is -3.44. The Hall–Kier alpha value is -4.09. The zero-order chi connectivity index (χ0) is 27.5. The van der Waals surface area contributed by atoms with Gasteiger partial charge in [0.15, 0.2) is 0 Å². The van der Waals surface area contributed by atoms with Gasteiger partial charge in [0.05, 0.1) is 30.7 Å². The van der Waals surface area contributed by atoms with Crippen molar-refractivity contribution in [1.29, 1.82) is 0 Å². The Morgan fingerprint density at radius 1 is 1.03 bits per heavy atom. The van der Waals surface area contributed by atoms with Gasteiger partial charge < -0.3 is 19.9 Å². The van der Waals surface area contributed by atoms with Crippen molar-refractivity contribution < 1.29 is 28.7 Å². The number of rotatable bonds is 4. The molecular weight excluding hydrogens is 502 g/mol. The quantitative estimate of drug-likeness (QED) is 0.560. The summed E-state index contributed by atoms with van der Waals surface area (Å²) >= 11 is 0. The van der Waals surface area contributed by atoms with Gasteiger partial charge in [0.2, 0.25) is 23.6 Å². The monoisotopic (exact) mass is 531 g/mol. The lowest BCUT2D eigenvalue weighted by Crippen LogP contribution is -2.56. The molecule has 0 saturated carbocycles. The van der Waals surface area contributed by atoms with Crippen molar-refractivity contribution in [2.45, 2.75) is 25.4 Å². The van der Waals surface area contributed by atoms with E-state index in [1.54, 1.807) is 60.4 Å². The van der Waals surface area contributed by atoms with Crippen molar-refractivity contribution in [2.75, 3.05) is 48.0 Å². The van der Waals surface area contributed by atoms with Gasteiger partial charge in [-0.15, -0.1) is 0 Å². The summed E-state index contributed by atoms with van der Waals surface area (Å²) in [5.41, 5.74) is 0.589. The van der Waals surface area contributed by atoms with Crippen LogP contribution in [-0.4, -0.2) is 73.3 Å². The van der Waals surface area contributed by atoms with Crippen LogP contribution in [0.3, 0.4) is 0 Å². The van der Waals surface area contributed by atoms with E-state index in [-0.39, 0.29) is 24.3 Å². The molecule has 0 bridgehead atoms. The zero-order valence-electron chi connectivity index (χ0n) is 21.7. The van der Waals surface area contributed by atoms with Gasteiger partial charge in [-0.05, 0) is 37.3 Å². The first-order chi connectivity index (χ1) is 18.7. The van der Waals surface area contributed by atoms with Crippen molar-refractivity contribution in [2.24, 2.45) is 11.8 Å². The summed E-state index contributed by atoms with van der Waals surface area (Å²) in [7, 11) is 0. The van der Waals surface area contributed by atoms with Gasteiger partial charge in [-0.1, -0.05) is 18.2 Å². The van der Waals surface area contributed by atoms with E-state index >= 15 is 0 Å². The fourth-order valence-corrected chi connectivity index (χ4v) is 6.47. The second-order valence-electron chi connectivity index (χ2n) is 10.4. The number of benzene rings is 2. The molecule has 3 saturated heterocycles. The number of anilines is 3. The molecule has 2 aromatic carbocycles. The maximum Gasteiger partial charge on any atom is 0.253 e. The third-order valence-corrected chi connectivity index (χ3v) is 8.12. The van der Waals surface area contributed by atoms with Gasteiger partial charge in [-0.2, -0.15) is 0 Å². The van der Waals surface area contributed by atoms with Crippen LogP contribution in [0.25, 0.3) is 0 Å². The largest absolute Gasteiger partial charge is 0.378 e. The molecule has 5 amide bonds. The van der Waals surface area contributed by atoms with Crippen molar-refractivity contribution in [3.63, 3.8) is 0 Å². The molecule has 0 radical (unpaired) electrons. The summed E-state index contributed by atoms with van der Waals surface area (Å²) in [5, 5.41) is 6.00. The summed E-state index contributed by atoms with van der Waals surface area (Å²) in [4.78, 5) is 70.8. The smallest absolute Gasteiger partial charge is 0.253 e. The average Bonchev–Trinajstić information content (AvgIpc) is 3.48. The Balaban J connectivity index is 1.36. The Morgan fingerprint density at radius 3 is 2.41 bits per heavy atom. The molecule has 11 heteroatoms. The first-order valence-electron chi connectivity index (χ1n) is 13.0. The summed E-state index contributed by atoms with van der Waals surface area (Å²) in [6.07, 6.45) is 0. The van der Waals surface area contributed by atoms with Crippen LogP contribution in [0, 0.1) is 11.8 Å². The third kappa shape index (κ3) is 3.75. The third-order valence-electron chi connectivity index (χ3n) is 8.12. The Bertz CT molecular complexity index is 1390. The van der Waals surface area contributed by atoms with Gasteiger partial charge in [-0.25, -0.2) is 4.90 Å². The molecule has 6 rings (SSSR count). The molecule has 0 aliphatic carbocycles. The molecule has 0 aromatic heterocycles. The number of nitrogens with zero attached hydrogens (tertiary/aromatic N) is 3. The molecule has 2 aromatic rings. The predicted octanol–water partition coefficient (Wildman–Crippen LogP) is 0.843. The highest BCUT2D eigenvalue weighted by Gasteiger charge is 2.71. The first kappa shape index (κ1) is 25.2. The Labute approximate surface area is 225 Å². The van der Waals surface area contributed by atoms with Crippen molar-refractivity contribution in [3.8, 4) is 0 Å². The summed E-state index contributed by atoms with van der Waals surface area (Å²) in [6.45, 7) is 4.83. The van der Waals surface area contributed by atoms with Crippen LogP contribution >= 0.6 is 0 Å². The highest BCUT2D eigenvalue weighted by molar-refractivity contribution is 6.26. The maximum atomic E-state index is 14.3. The zero-order valence-corrected chi connectivity index (χ0v) is 21.7. The average molecular weight is 532 g/mol. The first-order valence-corrected chi connectivity index (χ1v) is 13.0. The number of hydrogen-bond acceptors (Lipinski definition) is 7. The number of ether oxygens (including phenoxy) is 1. The number of fused-ring (bicyclic) bond motifs is 4. The number of morpholine rings is 1. The van der Waals surface area contributed by atoms with Crippen LogP contribution < -0.4 is 20.4 Å². The molecule has 2 N–H and O–H groups in total. The van der Waals surface area contributed by atoms with Crippen molar-refractivity contribution in [1.82, 2.24) is 10.2 Å².